The minimum Gasteiger partial charge on any atom is -0.327 e. The van der Waals surface area contributed by atoms with Crippen LogP contribution in [0.2, 0.25) is 0 Å². The molecule has 0 amide bonds. The van der Waals surface area contributed by atoms with E-state index in [0.717, 1.165) is 6.42 Å². The Morgan fingerprint density at radius 3 is 2.33 bits per heavy atom. The van der Waals surface area contributed by atoms with Crippen molar-refractivity contribution in [3.05, 3.63) is 0 Å². The van der Waals surface area contributed by atoms with Gasteiger partial charge >= 0.3 is 0 Å². The summed E-state index contributed by atoms with van der Waals surface area (Å²) in [5, 5.41) is -0.310. The van der Waals surface area contributed by atoms with Crippen LogP contribution in [0.15, 0.2) is 0 Å². The summed E-state index contributed by atoms with van der Waals surface area (Å²) in [6, 6.07) is -0.157. The van der Waals surface area contributed by atoms with Gasteiger partial charge in [0, 0.05) is 6.04 Å². The maximum atomic E-state index is 10.3. The topological polar surface area (TPSA) is 63.3 Å². The summed E-state index contributed by atoms with van der Waals surface area (Å²) in [5.41, 5.74) is 5.46. The lowest BCUT2D eigenvalue weighted by Gasteiger charge is -2.12. The van der Waals surface area contributed by atoms with Crippen molar-refractivity contribution in [2.24, 2.45) is 5.73 Å². The number of hydrogen-bond donors (Lipinski definition) is 2. The van der Waals surface area contributed by atoms with Crippen LogP contribution >= 0.6 is 0 Å². The largest absolute Gasteiger partial charge is 0.327 e. The molecular formula is C5H13NO2S. The predicted octanol–water partition coefficient (Wildman–Crippen LogP) is 0.334. The van der Waals surface area contributed by atoms with Crippen molar-refractivity contribution < 1.29 is 8.76 Å². The van der Waals surface area contributed by atoms with Crippen LogP contribution < -0.4 is 5.73 Å². The quantitative estimate of drug-likeness (QED) is 0.571. The third-order valence-electron chi connectivity index (χ3n) is 1.39. The SMILES string of the molecule is CC[C@@H](N)[C@@H](C)S(=O)O. The molecule has 0 aliphatic carbocycles. The molecule has 56 valence electrons. The van der Waals surface area contributed by atoms with Gasteiger partial charge in [-0.3, -0.25) is 0 Å². The Hall–Kier alpha value is 0.0700. The molecule has 0 bridgehead atoms. The first-order valence-electron chi connectivity index (χ1n) is 2.94. The van der Waals surface area contributed by atoms with Crippen molar-refractivity contribution in [1.82, 2.24) is 0 Å². The Labute approximate surface area is 57.9 Å². The summed E-state index contributed by atoms with van der Waals surface area (Å²) in [7, 11) is 0. The third-order valence-corrected chi connectivity index (χ3v) is 2.38. The van der Waals surface area contributed by atoms with Gasteiger partial charge < -0.3 is 10.3 Å². The summed E-state index contributed by atoms with van der Waals surface area (Å²) in [6.07, 6.45) is 0.744. The molecule has 3 atom stereocenters. The number of hydrogen-bond acceptors (Lipinski definition) is 2. The molecule has 0 rings (SSSR count). The van der Waals surface area contributed by atoms with Gasteiger partial charge in [0.2, 0.25) is 0 Å². The second-order valence-corrected chi connectivity index (χ2v) is 3.35. The van der Waals surface area contributed by atoms with Crippen LogP contribution in [-0.4, -0.2) is 20.1 Å². The molecule has 1 unspecified atom stereocenters. The lowest BCUT2D eigenvalue weighted by molar-refractivity contribution is 0.525. The Balaban J connectivity index is 3.72. The van der Waals surface area contributed by atoms with Crippen molar-refractivity contribution in [3.63, 3.8) is 0 Å². The molecule has 3 nitrogen and oxygen atoms in total. The summed E-state index contributed by atoms with van der Waals surface area (Å²) in [6.45, 7) is 3.57. The fraction of sp³-hybridized carbons (Fsp3) is 1.00. The fourth-order valence-electron chi connectivity index (χ4n) is 0.481. The molecule has 3 N–H and O–H groups in total. The first-order chi connectivity index (χ1) is 4.09. The van der Waals surface area contributed by atoms with E-state index < -0.39 is 11.1 Å². The molecule has 0 aromatic carbocycles. The van der Waals surface area contributed by atoms with E-state index in [2.05, 4.69) is 0 Å². The molecule has 0 aliphatic rings. The molecule has 0 heterocycles. The molecule has 0 aliphatic heterocycles. The van der Waals surface area contributed by atoms with Crippen LogP contribution in [0.5, 0.6) is 0 Å². The smallest absolute Gasteiger partial charge is 0.157 e. The van der Waals surface area contributed by atoms with Crippen LogP contribution in [-0.2, 0) is 11.1 Å². The van der Waals surface area contributed by atoms with Crippen molar-refractivity contribution >= 4 is 11.1 Å². The molecule has 0 fully saturated rings. The molecule has 0 aromatic heterocycles. The van der Waals surface area contributed by atoms with E-state index in [9.17, 15) is 4.21 Å². The average Bonchev–Trinajstić information content (AvgIpc) is 1.84. The van der Waals surface area contributed by atoms with Crippen LogP contribution in [0.3, 0.4) is 0 Å². The zero-order valence-electron chi connectivity index (χ0n) is 5.70. The normalized spacial score (nSPS) is 20.9. The molecule has 0 radical (unpaired) electrons. The Bertz CT molecular complexity index is 107. The van der Waals surface area contributed by atoms with Gasteiger partial charge in [0.1, 0.15) is 0 Å². The molecule has 4 heteroatoms. The fourth-order valence-corrected chi connectivity index (χ4v) is 0.973. The van der Waals surface area contributed by atoms with Crippen LogP contribution in [0.1, 0.15) is 20.3 Å². The molecule has 0 saturated heterocycles. The highest BCUT2D eigenvalue weighted by molar-refractivity contribution is 7.79. The lowest BCUT2D eigenvalue weighted by Crippen LogP contribution is -2.34. The second-order valence-electron chi connectivity index (χ2n) is 2.05. The number of nitrogens with two attached hydrogens (primary N) is 1. The van der Waals surface area contributed by atoms with Crippen LogP contribution in [0, 0.1) is 0 Å². The van der Waals surface area contributed by atoms with Crippen LogP contribution in [0.4, 0.5) is 0 Å². The van der Waals surface area contributed by atoms with Gasteiger partial charge in [-0.15, -0.1) is 0 Å². The first kappa shape index (κ1) is 9.07. The van der Waals surface area contributed by atoms with E-state index in [1.54, 1.807) is 6.92 Å². The highest BCUT2D eigenvalue weighted by Crippen LogP contribution is 2.00. The van der Waals surface area contributed by atoms with Gasteiger partial charge in [0.15, 0.2) is 11.1 Å². The highest BCUT2D eigenvalue weighted by Gasteiger charge is 2.15. The molecule has 0 aromatic rings. The van der Waals surface area contributed by atoms with Crippen molar-refractivity contribution in [2.45, 2.75) is 31.6 Å². The maximum Gasteiger partial charge on any atom is 0.157 e. The average molecular weight is 151 g/mol. The Kier molecular flexibility index (Phi) is 4.01. The third kappa shape index (κ3) is 2.93. The van der Waals surface area contributed by atoms with Crippen molar-refractivity contribution in [2.75, 3.05) is 0 Å². The zero-order chi connectivity index (χ0) is 7.44. The first-order valence-corrected chi connectivity index (χ1v) is 4.11. The summed E-state index contributed by atoms with van der Waals surface area (Å²) < 4.78 is 18.8. The summed E-state index contributed by atoms with van der Waals surface area (Å²) in [5.74, 6) is 0. The molecule has 0 spiro atoms. The van der Waals surface area contributed by atoms with Gasteiger partial charge in [0.05, 0.1) is 5.25 Å². The zero-order valence-corrected chi connectivity index (χ0v) is 6.52. The summed E-state index contributed by atoms with van der Waals surface area (Å²) >= 11 is -1.77. The maximum absolute atomic E-state index is 10.3. The van der Waals surface area contributed by atoms with Crippen LogP contribution in [0.25, 0.3) is 0 Å². The van der Waals surface area contributed by atoms with Gasteiger partial charge in [-0.2, -0.15) is 0 Å². The number of rotatable bonds is 3. The lowest BCUT2D eigenvalue weighted by atomic mass is 10.2. The second kappa shape index (κ2) is 3.98. The summed E-state index contributed by atoms with van der Waals surface area (Å²) in [4.78, 5) is 0. The minimum absolute atomic E-state index is 0.157. The monoisotopic (exact) mass is 151 g/mol. The minimum atomic E-state index is -1.77. The van der Waals surface area contributed by atoms with E-state index in [-0.39, 0.29) is 11.3 Å². The molecular weight excluding hydrogens is 138 g/mol. The standard InChI is InChI=1S/C5H13NO2S/c1-3-5(6)4(2)9(7)8/h4-5H,3,6H2,1-2H3,(H,7,8)/t4-,5-/m1/s1. The van der Waals surface area contributed by atoms with E-state index in [1.165, 1.54) is 0 Å². The molecule has 0 saturated carbocycles. The van der Waals surface area contributed by atoms with Crippen molar-refractivity contribution in [1.29, 1.82) is 0 Å². The Morgan fingerprint density at radius 1 is 1.78 bits per heavy atom. The van der Waals surface area contributed by atoms with Crippen molar-refractivity contribution in [3.8, 4) is 0 Å². The van der Waals surface area contributed by atoms with Gasteiger partial charge in [-0.05, 0) is 13.3 Å². The highest BCUT2D eigenvalue weighted by atomic mass is 32.2. The van der Waals surface area contributed by atoms with E-state index in [0.29, 0.717) is 0 Å². The Morgan fingerprint density at radius 2 is 2.22 bits per heavy atom. The van der Waals surface area contributed by atoms with E-state index in [4.69, 9.17) is 10.3 Å². The van der Waals surface area contributed by atoms with Gasteiger partial charge in [-0.1, -0.05) is 6.92 Å². The predicted molar refractivity (Wildman–Crippen MR) is 38.5 cm³/mol. The van der Waals surface area contributed by atoms with E-state index in [1.807, 2.05) is 6.92 Å². The van der Waals surface area contributed by atoms with Gasteiger partial charge in [-0.25, -0.2) is 4.21 Å². The van der Waals surface area contributed by atoms with Gasteiger partial charge in [0.25, 0.3) is 0 Å². The van der Waals surface area contributed by atoms with E-state index >= 15 is 0 Å². The molecule has 9 heavy (non-hydrogen) atoms.